The Kier molecular flexibility index (Phi) is 4.49. The molecule has 0 aromatic carbocycles. The lowest BCUT2D eigenvalue weighted by Crippen LogP contribution is -2.15. The summed E-state index contributed by atoms with van der Waals surface area (Å²) in [5.74, 6) is 0.979. The van der Waals surface area contributed by atoms with Crippen molar-refractivity contribution in [1.29, 1.82) is 0 Å². The third kappa shape index (κ3) is 3.55. The van der Waals surface area contributed by atoms with Crippen LogP contribution in [0.2, 0.25) is 0 Å². The van der Waals surface area contributed by atoms with Crippen molar-refractivity contribution in [3.8, 4) is 0 Å². The Balaban J connectivity index is 1.96. The zero-order valence-electron chi connectivity index (χ0n) is 7.38. The molecule has 12 heavy (non-hydrogen) atoms. The van der Waals surface area contributed by atoms with E-state index in [9.17, 15) is 0 Å². The maximum atomic E-state index is 5.15. The zero-order valence-corrected chi connectivity index (χ0v) is 7.38. The molecule has 0 saturated carbocycles. The van der Waals surface area contributed by atoms with Gasteiger partial charge in [0, 0.05) is 13.7 Å². The van der Waals surface area contributed by atoms with Crippen molar-refractivity contribution in [3.05, 3.63) is 24.2 Å². The van der Waals surface area contributed by atoms with Crippen LogP contribution in [0, 0.1) is 0 Å². The summed E-state index contributed by atoms with van der Waals surface area (Å²) >= 11 is 0. The van der Waals surface area contributed by atoms with E-state index < -0.39 is 0 Å². The van der Waals surface area contributed by atoms with Crippen LogP contribution in [0.3, 0.4) is 0 Å². The summed E-state index contributed by atoms with van der Waals surface area (Å²) < 4.78 is 10.1. The summed E-state index contributed by atoms with van der Waals surface area (Å²) in [6.07, 6.45) is 2.73. The van der Waals surface area contributed by atoms with Crippen LogP contribution < -0.4 is 5.32 Å². The van der Waals surface area contributed by atoms with Crippen LogP contribution >= 0.6 is 0 Å². The minimum absolute atomic E-state index is 0.802. The van der Waals surface area contributed by atoms with Gasteiger partial charge >= 0.3 is 0 Å². The SMILES string of the molecule is COCCCNCc1ccco1. The first-order valence-electron chi connectivity index (χ1n) is 4.15. The molecule has 3 nitrogen and oxygen atoms in total. The maximum Gasteiger partial charge on any atom is 0.117 e. The van der Waals surface area contributed by atoms with Crippen LogP contribution in [-0.2, 0) is 11.3 Å². The lowest BCUT2D eigenvalue weighted by Gasteiger charge is -2.00. The van der Waals surface area contributed by atoms with Gasteiger partial charge in [0.25, 0.3) is 0 Å². The van der Waals surface area contributed by atoms with Crippen molar-refractivity contribution in [1.82, 2.24) is 5.32 Å². The van der Waals surface area contributed by atoms with Crippen LogP contribution in [0.15, 0.2) is 22.8 Å². The van der Waals surface area contributed by atoms with E-state index in [0.717, 1.165) is 31.9 Å². The van der Waals surface area contributed by atoms with Crippen molar-refractivity contribution < 1.29 is 9.15 Å². The van der Waals surface area contributed by atoms with Gasteiger partial charge in [-0.15, -0.1) is 0 Å². The average molecular weight is 169 g/mol. The monoisotopic (exact) mass is 169 g/mol. The summed E-state index contributed by atoms with van der Waals surface area (Å²) in [5, 5.41) is 3.25. The third-order valence-electron chi connectivity index (χ3n) is 1.58. The Labute approximate surface area is 72.7 Å². The number of hydrogen-bond donors (Lipinski definition) is 1. The number of furan rings is 1. The van der Waals surface area contributed by atoms with E-state index in [4.69, 9.17) is 9.15 Å². The van der Waals surface area contributed by atoms with Gasteiger partial charge in [0.15, 0.2) is 0 Å². The van der Waals surface area contributed by atoms with Gasteiger partial charge in [-0.1, -0.05) is 0 Å². The summed E-state index contributed by atoms with van der Waals surface area (Å²) in [6, 6.07) is 3.86. The Morgan fingerprint density at radius 3 is 3.17 bits per heavy atom. The number of ether oxygens (including phenoxy) is 1. The smallest absolute Gasteiger partial charge is 0.117 e. The molecular formula is C9H15NO2. The van der Waals surface area contributed by atoms with E-state index in [0.29, 0.717) is 0 Å². The minimum atomic E-state index is 0.802. The molecule has 68 valence electrons. The summed E-state index contributed by atoms with van der Waals surface area (Å²) in [5.41, 5.74) is 0. The molecule has 0 fully saturated rings. The maximum absolute atomic E-state index is 5.15. The van der Waals surface area contributed by atoms with E-state index in [1.54, 1.807) is 13.4 Å². The van der Waals surface area contributed by atoms with Crippen LogP contribution in [0.5, 0.6) is 0 Å². The van der Waals surface area contributed by atoms with Gasteiger partial charge in [-0.25, -0.2) is 0 Å². The highest BCUT2D eigenvalue weighted by Crippen LogP contribution is 1.97. The molecule has 1 heterocycles. The summed E-state index contributed by atoms with van der Waals surface area (Å²) in [6.45, 7) is 2.58. The first-order valence-corrected chi connectivity index (χ1v) is 4.15. The lowest BCUT2D eigenvalue weighted by atomic mass is 10.4. The van der Waals surface area contributed by atoms with E-state index >= 15 is 0 Å². The molecule has 0 saturated heterocycles. The van der Waals surface area contributed by atoms with Crippen molar-refractivity contribution in [2.24, 2.45) is 0 Å². The van der Waals surface area contributed by atoms with Crippen LogP contribution in [0.4, 0.5) is 0 Å². The number of methoxy groups -OCH3 is 1. The van der Waals surface area contributed by atoms with E-state index in [2.05, 4.69) is 5.32 Å². The van der Waals surface area contributed by atoms with Crippen LogP contribution in [0.1, 0.15) is 12.2 Å². The van der Waals surface area contributed by atoms with Crippen LogP contribution in [0.25, 0.3) is 0 Å². The van der Waals surface area contributed by atoms with Gasteiger partial charge in [0.2, 0.25) is 0 Å². The highest BCUT2D eigenvalue weighted by molar-refractivity contribution is 4.97. The fraction of sp³-hybridized carbons (Fsp3) is 0.556. The Bertz CT molecular complexity index is 184. The van der Waals surface area contributed by atoms with Crippen LogP contribution in [-0.4, -0.2) is 20.3 Å². The molecule has 0 unspecified atom stereocenters. The first kappa shape index (κ1) is 9.29. The van der Waals surface area contributed by atoms with E-state index in [1.807, 2.05) is 12.1 Å². The quantitative estimate of drug-likeness (QED) is 0.654. The summed E-state index contributed by atoms with van der Waals surface area (Å²) in [7, 11) is 1.71. The molecule has 1 N–H and O–H groups in total. The van der Waals surface area contributed by atoms with Gasteiger partial charge in [-0.2, -0.15) is 0 Å². The van der Waals surface area contributed by atoms with Gasteiger partial charge in [-0.3, -0.25) is 0 Å². The molecule has 1 aromatic rings. The topological polar surface area (TPSA) is 34.4 Å². The summed E-state index contributed by atoms with van der Waals surface area (Å²) in [4.78, 5) is 0. The normalized spacial score (nSPS) is 10.4. The van der Waals surface area contributed by atoms with Gasteiger partial charge < -0.3 is 14.5 Å². The molecule has 0 amide bonds. The van der Waals surface area contributed by atoms with Crippen molar-refractivity contribution in [2.75, 3.05) is 20.3 Å². The minimum Gasteiger partial charge on any atom is -0.468 e. The average Bonchev–Trinajstić information content (AvgIpc) is 2.57. The molecule has 0 radical (unpaired) electrons. The number of rotatable bonds is 6. The fourth-order valence-corrected chi connectivity index (χ4v) is 0.966. The molecule has 0 aliphatic carbocycles. The van der Waals surface area contributed by atoms with Gasteiger partial charge in [0.1, 0.15) is 5.76 Å². The second kappa shape index (κ2) is 5.80. The highest BCUT2D eigenvalue weighted by Gasteiger charge is 1.92. The Morgan fingerprint density at radius 1 is 1.58 bits per heavy atom. The van der Waals surface area contributed by atoms with E-state index in [-0.39, 0.29) is 0 Å². The van der Waals surface area contributed by atoms with Gasteiger partial charge in [0.05, 0.1) is 12.8 Å². The number of hydrogen-bond acceptors (Lipinski definition) is 3. The van der Waals surface area contributed by atoms with Crippen molar-refractivity contribution in [2.45, 2.75) is 13.0 Å². The first-order chi connectivity index (χ1) is 5.93. The predicted octanol–water partition coefficient (Wildman–Crippen LogP) is 1.41. The molecule has 1 aromatic heterocycles. The second-order valence-electron chi connectivity index (χ2n) is 2.60. The standard InChI is InChI=1S/C9H15NO2/c1-11-6-3-5-10-8-9-4-2-7-12-9/h2,4,7,10H,3,5-6,8H2,1H3. The van der Waals surface area contributed by atoms with E-state index in [1.165, 1.54) is 0 Å². The fourth-order valence-electron chi connectivity index (χ4n) is 0.966. The van der Waals surface area contributed by atoms with Crippen molar-refractivity contribution >= 4 is 0 Å². The molecule has 0 atom stereocenters. The molecule has 0 bridgehead atoms. The predicted molar refractivity (Wildman–Crippen MR) is 46.9 cm³/mol. The zero-order chi connectivity index (χ0) is 8.65. The molecular weight excluding hydrogens is 154 g/mol. The molecule has 3 heteroatoms. The van der Waals surface area contributed by atoms with Gasteiger partial charge in [-0.05, 0) is 25.1 Å². The Morgan fingerprint density at radius 2 is 2.50 bits per heavy atom. The molecule has 0 spiro atoms. The van der Waals surface area contributed by atoms with Crippen molar-refractivity contribution in [3.63, 3.8) is 0 Å². The number of nitrogens with one attached hydrogen (secondary N) is 1. The Hall–Kier alpha value is -0.800. The molecule has 0 aliphatic rings. The lowest BCUT2D eigenvalue weighted by molar-refractivity contribution is 0.194. The highest BCUT2D eigenvalue weighted by atomic mass is 16.5. The molecule has 1 rings (SSSR count). The third-order valence-corrected chi connectivity index (χ3v) is 1.58. The largest absolute Gasteiger partial charge is 0.468 e. The molecule has 0 aliphatic heterocycles. The second-order valence-corrected chi connectivity index (χ2v) is 2.60.